The van der Waals surface area contributed by atoms with E-state index >= 15 is 0 Å². The van der Waals surface area contributed by atoms with E-state index in [1.807, 2.05) is 22.8 Å². The van der Waals surface area contributed by atoms with Gasteiger partial charge in [0.1, 0.15) is 5.82 Å². The van der Waals surface area contributed by atoms with Crippen LogP contribution in [0.15, 0.2) is 27.5 Å². The van der Waals surface area contributed by atoms with E-state index in [2.05, 4.69) is 20.9 Å². The minimum atomic E-state index is 0. The van der Waals surface area contributed by atoms with Crippen molar-refractivity contribution in [3.63, 3.8) is 0 Å². The van der Waals surface area contributed by atoms with Crippen molar-refractivity contribution in [2.75, 3.05) is 0 Å². The number of benzene rings is 1. The van der Waals surface area contributed by atoms with Gasteiger partial charge in [-0.25, -0.2) is 4.98 Å². The molecule has 2 aromatic rings. The second kappa shape index (κ2) is 5.41. The van der Waals surface area contributed by atoms with Gasteiger partial charge in [-0.2, -0.15) is 0 Å². The van der Waals surface area contributed by atoms with Crippen molar-refractivity contribution in [1.82, 2.24) is 9.55 Å². The van der Waals surface area contributed by atoms with Gasteiger partial charge in [-0.05, 0) is 31.0 Å². The lowest BCUT2D eigenvalue weighted by atomic mass is 10.2. The van der Waals surface area contributed by atoms with Crippen LogP contribution < -0.4 is 18.0 Å². The maximum atomic E-state index is 12.4. The van der Waals surface area contributed by atoms with E-state index in [0.717, 1.165) is 41.6 Å². The number of rotatable bonds is 0. The molecule has 0 spiro atoms. The molecule has 1 aromatic heterocycles. The summed E-state index contributed by atoms with van der Waals surface area (Å²) in [7, 11) is 0. The summed E-state index contributed by atoms with van der Waals surface area (Å²) in [5.41, 5.74) is 0.916. The van der Waals surface area contributed by atoms with Crippen LogP contribution in [-0.4, -0.2) is 9.55 Å². The van der Waals surface area contributed by atoms with E-state index in [1.165, 1.54) is 6.42 Å². The van der Waals surface area contributed by atoms with Crippen LogP contribution in [0.25, 0.3) is 10.9 Å². The van der Waals surface area contributed by atoms with Gasteiger partial charge in [0, 0.05) is 17.4 Å². The molecular formula is C13H13BrClN2O-. The molecule has 0 aliphatic carbocycles. The minimum absolute atomic E-state index is 0. The smallest absolute Gasteiger partial charge is 0.261 e. The van der Waals surface area contributed by atoms with Crippen molar-refractivity contribution in [3.8, 4) is 0 Å². The second-order valence-electron chi connectivity index (χ2n) is 4.46. The van der Waals surface area contributed by atoms with Gasteiger partial charge in [0.05, 0.1) is 10.9 Å². The van der Waals surface area contributed by atoms with Crippen molar-refractivity contribution in [1.29, 1.82) is 0 Å². The number of hydrogen-bond donors (Lipinski definition) is 0. The predicted molar refractivity (Wildman–Crippen MR) is 71.3 cm³/mol. The fraction of sp³-hybridized carbons (Fsp3) is 0.385. The molecule has 0 bridgehead atoms. The highest BCUT2D eigenvalue weighted by Gasteiger charge is 2.13. The Hall–Kier alpha value is -0.870. The third-order valence-electron chi connectivity index (χ3n) is 3.28. The van der Waals surface area contributed by atoms with Crippen molar-refractivity contribution >= 4 is 26.8 Å². The zero-order valence-electron chi connectivity index (χ0n) is 9.83. The van der Waals surface area contributed by atoms with Crippen molar-refractivity contribution in [2.45, 2.75) is 32.2 Å². The summed E-state index contributed by atoms with van der Waals surface area (Å²) in [6.07, 6.45) is 4.31. The van der Waals surface area contributed by atoms with Crippen LogP contribution in [0.1, 0.15) is 25.1 Å². The monoisotopic (exact) mass is 327 g/mol. The highest BCUT2D eigenvalue weighted by molar-refractivity contribution is 9.10. The SMILES string of the molecule is O=c1c2cc(Br)ccc2nc2n1CCCCC2.[Cl-]. The van der Waals surface area contributed by atoms with Gasteiger partial charge in [0.2, 0.25) is 0 Å². The Morgan fingerprint density at radius 2 is 2.06 bits per heavy atom. The first-order chi connectivity index (χ1) is 8.25. The molecule has 0 fully saturated rings. The second-order valence-corrected chi connectivity index (χ2v) is 5.37. The summed E-state index contributed by atoms with van der Waals surface area (Å²) in [6, 6.07) is 5.71. The van der Waals surface area contributed by atoms with Crippen LogP contribution >= 0.6 is 15.9 Å². The van der Waals surface area contributed by atoms with E-state index in [9.17, 15) is 4.79 Å². The van der Waals surface area contributed by atoms with Gasteiger partial charge in [0.15, 0.2) is 0 Å². The molecule has 18 heavy (non-hydrogen) atoms. The van der Waals surface area contributed by atoms with E-state index in [0.29, 0.717) is 5.39 Å². The lowest BCUT2D eigenvalue weighted by Crippen LogP contribution is -3.00. The summed E-state index contributed by atoms with van der Waals surface area (Å²) in [5.74, 6) is 0.947. The first kappa shape index (κ1) is 13.6. The molecule has 0 atom stereocenters. The Balaban J connectivity index is 0.00000120. The lowest BCUT2D eigenvalue weighted by molar-refractivity contribution is -0.00000346. The van der Waals surface area contributed by atoms with Crippen molar-refractivity contribution < 1.29 is 12.4 Å². The third-order valence-corrected chi connectivity index (χ3v) is 3.77. The molecule has 3 nitrogen and oxygen atoms in total. The van der Waals surface area contributed by atoms with Crippen LogP contribution in [0.5, 0.6) is 0 Å². The van der Waals surface area contributed by atoms with Crippen molar-refractivity contribution in [3.05, 3.63) is 38.9 Å². The maximum absolute atomic E-state index is 12.4. The quantitative estimate of drug-likeness (QED) is 0.676. The van der Waals surface area contributed by atoms with Gasteiger partial charge >= 0.3 is 0 Å². The molecule has 0 unspecified atom stereocenters. The Bertz CT molecular complexity index is 639. The predicted octanol–water partition coefficient (Wildman–Crippen LogP) is -0.111. The molecule has 1 aliphatic rings. The van der Waals surface area contributed by atoms with Crippen LogP contribution in [0.4, 0.5) is 0 Å². The summed E-state index contributed by atoms with van der Waals surface area (Å²) in [5, 5.41) is 0.713. The summed E-state index contributed by atoms with van der Waals surface area (Å²) < 4.78 is 2.78. The first-order valence-electron chi connectivity index (χ1n) is 5.95. The van der Waals surface area contributed by atoms with Crippen molar-refractivity contribution in [2.24, 2.45) is 0 Å². The molecule has 5 heteroatoms. The minimum Gasteiger partial charge on any atom is -1.00 e. The van der Waals surface area contributed by atoms with Crippen LogP contribution in [0.3, 0.4) is 0 Å². The molecule has 0 saturated heterocycles. The van der Waals surface area contributed by atoms with Gasteiger partial charge < -0.3 is 12.4 Å². The first-order valence-corrected chi connectivity index (χ1v) is 6.74. The number of fused-ring (bicyclic) bond motifs is 2. The topological polar surface area (TPSA) is 34.9 Å². The van der Waals surface area contributed by atoms with Gasteiger partial charge in [0.25, 0.3) is 5.56 Å². The maximum Gasteiger partial charge on any atom is 0.261 e. The summed E-state index contributed by atoms with van der Waals surface area (Å²) >= 11 is 3.40. The highest BCUT2D eigenvalue weighted by atomic mass is 79.9. The summed E-state index contributed by atoms with van der Waals surface area (Å²) in [4.78, 5) is 17.0. The lowest BCUT2D eigenvalue weighted by Gasteiger charge is -2.09. The fourth-order valence-electron chi connectivity index (χ4n) is 2.39. The van der Waals surface area contributed by atoms with E-state index in [-0.39, 0.29) is 18.0 Å². The molecular weight excluding hydrogens is 316 g/mol. The van der Waals surface area contributed by atoms with Crippen LogP contribution in [-0.2, 0) is 13.0 Å². The Morgan fingerprint density at radius 1 is 1.22 bits per heavy atom. The molecule has 0 radical (unpaired) electrons. The largest absolute Gasteiger partial charge is 1.00 e. The number of nitrogens with zero attached hydrogens (tertiary/aromatic N) is 2. The Kier molecular flexibility index (Phi) is 4.07. The van der Waals surface area contributed by atoms with Gasteiger partial charge in [-0.3, -0.25) is 9.36 Å². The standard InChI is InChI=1S/C13H13BrN2O.ClH/c14-9-5-6-11-10(8-9)13(17)16-7-3-1-2-4-12(16)15-11;/h5-6,8H,1-4,7H2;1H/p-1. The average Bonchev–Trinajstić information content (AvgIpc) is 2.56. The molecule has 1 aliphatic heterocycles. The average molecular weight is 329 g/mol. The van der Waals surface area contributed by atoms with Crippen LogP contribution in [0, 0.1) is 0 Å². The summed E-state index contributed by atoms with van der Waals surface area (Å²) in [6.45, 7) is 0.809. The Morgan fingerprint density at radius 3 is 2.89 bits per heavy atom. The van der Waals surface area contributed by atoms with Gasteiger partial charge in [-0.15, -0.1) is 0 Å². The Labute approximate surface area is 120 Å². The van der Waals surface area contributed by atoms with Gasteiger partial charge in [-0.1, -0.05) is 22.4 Å². The number of hydrogen-bond acceptors (Lipinski definition) is 2. The highest BCUT2D eigenvalue weighted by Crippen LogP contribution is 2.18. The molecule has 0 amide bonds. The van der Waals surface area contributed by atoms with E-state index in [1.54, 1.807) is 0 Å². The molecule has 1 aromatic carbocycles. The molecule has 3 rings (SSSR count). The molecule has 0 N–H and O–H groups in total. The number of aromatic nitrogens is 2. The number of aryl methyl sites for hydroxylation is 1. The zero-order chi connectivity index (χ0) is 11.8. The molecule has 0 saturated carbocycles. The fourth-order valence-corrected chi connectivity index (χ4v) is 2.75. The van der Waals surface area contributed by atoms with Crippen LogP contribution in [0.2, 0.25) is 0 Å². The van der Waals surface area contributed by atoms with E-state index < -0.39 is 0 Å². The third kappa shape index (κ3) is 2.31. The molecule has 2 heterocycles. The van der Waals surface area contributed by atoms with E-state index in [4.69, 9.17) is 0 Å². The number of halogens is 2. The normalized spacial score (nSPS) is 14.7. The zero-order valence-corrected chi connectivity index (χ0v) is 12.2. The molecule has 96 valence electrons.